The average Bonchev–Trinajstić information content (AvgIpc) is 3.08. The summed E-state index contributed by atoms with van der Waals surface area (Å²) in [5.41, 5.74) is 7.92. The number of nitrogens with zero attached hydrogens (tertiary/aromatic N) is 2. The Morgan fingerprint density at radius 1 is 1.03 bits per heavy atom. The zero-order valence-electron chi connectivity index (χ0n) is 17.3. The number of rotatable bonds is 4. The maximum atomic E-state index is 14.5. The van der Waals surface area contributed by atoms with Crippen LogP contribution in [0.2, 0.25) is 5.02 Å². The summed E-state index contributed by atoms with van der Waals surface area (Å²) in [6.07, 6.45) is 3.20. The lowest BCUT2D eigenvalue weighted by atomic mass is 9.94. The number of aromatic nitrogens is 2. The second-order valence-corrected chi connectivity index (χ2v) is 7.88. The van der Waals surface area contributed by atoms with Crippen molar-refractivity contribution in [3.63, 3.8) is 0 Å². The molecule has 3 aromatic carbocycles. The van der Waals surface area contributed by atoms with Gasteiger partial charge >= 0.3 is 5.69 Å². The first-order valence-corrected chi connectivity index (χ1v) is 10.0. The quantitative estimate of drug-likeness (QED) is 0.481. The Balaban J connectivity index is 1.84. The van der Waals surface area contributed by atoms with Gasteiger partial charge in [-0.1, -0.05) is 29.8 Å². The molecular formula is C24H19ClFN3O3. The fourth-order valence-corrected chi connectivity index (χ4v) is 3.88. The highest BCUT2D eigenvalue weighted by Crippen LogP contribution is 2.40. The third-order valence-electron chi connectivity index (χ3n) is 5.35. The number of nitrogens with two attached hydrogens (primary N) is 1. The van der Waals surface area contributed by atoms with Gasteiger partial charge in [0.1, 0.15) is 11.6 Å². The minimum Gasteiger partial charge on any atom is -0.507 e. The predicted octanol–water partition coefficient (Wildman–Crippen LogP) is 4.42. The maximum Gasteiger partial charge on any atom is 0.332 e. The summed E-state index contributed by atoms with van der Waals surface area (Å²) in [6.45, 7) is 1.74. The zero-order valence-corrected chi connectivity index (χ0v) is 18.0. The van der Waals surface area contributed by atoms with Crippen LogP contribution in [0.4, 0.5) is 4.39 Å². The molecule has 0 fully saturated rings. The molecule has 0 atom stereocenters. The molecule has 0 radical (unpaired) electrons. The van der Waals surface area contributed by atoms with Crippen LogP contribution in [0.1, 0.15) is 15.9 Å². The number of benzene rings is 3. The SMILES string of the molecule is Cc1ccc(-c2cc(F)cc(-c3ccc(-n4ccn(C)c4=O)c(Cl)c3)c2O)cc1C(N)=O. The van der Waals surface area contributed by atoms with Gasteiger partial charge in [0.25, 0.3) is 0 Å². The second kappa shape index (κ2) is 8.01. The van der Waals surface area contributed by atoms with E-state index in [1.807, 2.05) is 0 Å². The summed E-state index contributed by atoms with van der Waals surface area (Å²) in [5, 5.41) is 11.2. The van der Waals surface area contributed by atoms with Crippen molar-refractivity contribution in [2.24, 2.45) is 12.8 Å². The number of halogens is 2. The largest absolute Gasteiger partial charge is 0.507 e. The van der Waals surface area contributed by atoms with Crippen LogP contribution in [0.25, 0.3) is 27.9 Å². The number of hydrogen-bond acceptors (Lipinski definition) is 3. The van der Waals surface area contributed by atoms with Crippen molar-refractivity contribution >= 4 is 17.5 Å². The number of aryl methyl sites for hydroxylation is 2. The van der Waals surface area contributed by atoms with Gasteiger partial charge in [-0.15, -0.1) is 0 Å². The van der Waals surface area contributed by atoms with E-state index < -0.39 is 11.7 Å². The first-order valence-electron chi connectivity index (χ1n) is 9.65. The van der Waals surface area contributed by atoms with Crippen LogP contribution in [0, 0.1) is 12.7 Å². The Morgan fingerprint density at radius 3 is 2.22 bits per heavy atom. The van der Waals surface area contributed by atoms with E-state index in [0.29, 0.717) is 22.4 Å². The van der Waals surface area contributed by atoms with E-state index in [9.17, 15) is 19.1 Å². The van der Waals surface area contributed by atoms with E-state index in [4.69, 9.17) is 17.3 Å². The average molecular weight is 452 g/mol. The van der Waals surface area contributed by atoms with E-state index in [1.165, 1.54) is 27.3 Å². The van der Waals surface area contributed by atoms with E-state index in [1.54, 1.807) is 56.7 Å². The van der Waals surface area contributed by atoms with Gasteiger partial charge in [0.15, 0.2) is 0 Å². The van der Waals surface area contributed by atoms with Gasteiger partial charge in [-0.2, -0.15) is 0 Å². The van der Waals surface area contributed by atoms with Crippen molar-refractivity contribution < 1.29 is 14.3 Å². The summed E-state index contributed by atoms with van der Waals surface area (Å²) >= 11 is 6.42. The molecule has 3 N–H and O–H groups in total. The Labute approximate surface area is 187 Å². The Morgan fingerprint density at radius 2 is 1.66 bits per heavy atom. The van der Waals surface area contributed by atoms with Crippen molar-refractivity contribution in [2.45, 2.75) is 6.92 Å². The van der Waals surface area contributed by atoms with Crippen molar-refractivity contribution in [1.29, 1.82) is 0 Å². The van der Waals surface area contributed by atoms with Crippen LogP contribution in [0.5, 0.6) is 5.75 Å². The number of amides is 1. The molecule has 0 saturated heterocycles. The van der Waals surface area contributed by atoms with Crippen molar-refractivity contribution in [3.05, 3.63) is 93.4 Å². The molecule has 0 unspecified atom stereocenters. The van der Waals surface area contributed by atoms with Crippen molar-refractivity contribution in [1.82, 2.24) is 9.13 Å². The van der Waals surface area contributed by atoms with Gasteiger partial charge in [0.05, 0.1) is 10.7 Å². The molecular weight excluding hydrogens is 433 g/mol. The highest BCUT2D eigenvalue weighted by atomic mass is 35.5. The highest BCUT2D eigenvalue weighted by Gasteiger charge is 2.17. The predicted molar refractivity (Wildman–Crippen MR) is 122 cm³/mol. The summed E-state index contributed by atoms with van der Waals surface area (Å²) in [4.78, 5) is 23.9. The van der Waals surface area contributed by atoms with Crippen LogP contribution in [0.3, 0.4) is 0 Å². The van der Waals surface area contributed by atoms with Gasteiger partial charge in [-0.25, -0.2) is 9.18 Å². The first-order chi connectivity index (χ1) is 15.2. The second-order valence-electron chi connectivity index (χ2n) is 7.47. The molecule has 4 rings (SSSR count). The number of phenolic OH excluding ortho intramolecular Hbond substituents is 1. The van der Waals surface area contributed by atoms with Crippen LogP contribution in [-0.4, -0.2) is 20.1 Å². The van der Waals surface area contributed by atoms with Crippen LogP contribution in [-0.2, 0) is 7.05 Å². The lowest BCUT2D eigenvalue weighted by molar-refractivity contribution is 0.0999. The zero-order chi connectivity index (χ0) is 23.2. The number of phenols is 1. The fraction of sp³-hybridized carbons (Fsp3) is 0.0833. The summed E-state index contributed by atoms with van der Waals surface area (Å²) in [6, 6.07) is 12.1. The molecule has 32 heavy (non-hydrogen) atoms. The van der Waals surface area contributed by atoms with Crippen molar-refractivity contribution in [3.8, 4) is 33.7 Å². The van der Waals surface area contributed by atoms with Crippen LogP contribution >= 0.6 is 11.6 Å². The number of imidazole rings is 1. The molecule has 8 heteroatoms. The Kier molecular flexibility index (Phi) is 5.36. The standard InChI is InChI=1S/C24H19ClFN3O3/c1-13-3-4-14(9-17(13)23(27)31)18-11-16(26)12-19(22(18)30)15-5-6-21(20(25)10-15)29-8-7-28(2)24(29)32/h3-12,30H,1-2H3,(H2,27,31). The monoisotopic (exact) mass is 451 g/mol. The molecule has 0 bridgehead atoms. The number of aromatic hydroxyl groups is 1. The van der Waals surface area contributed by atoms with Gasteiger partial charge in [0.2, 0.25) is 5.91 Å². The molecule has 0 saturated carbocycles. The Bertz CT molecular complexity index is 1440. The van der Waals surface area contributed by atoms with E-state index in [0.717, 1.165) is 0 Å². The molecule has 6 nitrogen and oxygen atoms in total. The molecule has 1 amide bonds. The summed E-state index contributed by atoms with van der Waals surface area (Å²) < 4.78 is 17.3. The lowest BCUT2D eigenvalue weighted by Crippen LogP contribution is -2.20. The molecule has 0 aliphatic carbocycles. The number of carbonyl (C=O) groups is 1. The minimum absolute atomic E-state index is 0.175. The third-order valence-corrected chi connectivity index (χ3v) is 5.66. The normalized spacial score (nSPS) is 11.0. The fourth-order valence-electron chi connectivity index (χ4n) is 3.61. The molecule has 4 aromatic rings. The highest BCUT2D eigenvalue weighted by molar-refractivity contribution is 6.32. The molecule has 162 valence electrons. The number of carbonyl (C=O) groups excluding carboxylic acids is 1. The lowest BCUT2D eigenvalue weighted by Gasteiger charge is -2.14. The summed E-state index contributed by atoms with van der Waals surface area (Å²) in [7, 11) is 1.63. The summed E-state index contributed by atoms with van der Waals surface area (Å²) in [5.74, 6) is -1.36. The molecule has 0 aliphatic rings. The van der Waals surface area contributed by atoms with Gasteiger partial charge in [-0.05, 0) is 53.9 Å². The molecule has 0 spiro atoms. The minimum atomic E-state index is -0.612. The van der Waals surface area contributed by atoms with Gasteiger partial charge in [0, 0.05) is 36.1 Å². The van der Waals surface area contributed by atoms with Gasteiger partial charge in [-0.3, -0.25) is 9.36 Å². The van der Waals surface area contributed by atoms with Crippen LogP contribution < -0.4 is 11.4 Å². The smallest absolute Gasteiger partial charge is 0.332 e. The molecule has 0 aliphatic heterocycles. The maximum absolute atomic E-state index is 14.5. The van der Waals surface area contributed by atoms with Gasteiger partial charge < -0.3 is 15.4 Å². The Hall–Kier alpha value is -3.84. The van der Waals surface area contributed by atoms with Crippen LogP contribution in [0.15, 0.2) is 65.7 Å². The van der Waals surface area contributed by atoms with Crippen molar-refractivity contribution in [2.75, 3.05) is 0 Å². The number of hydrogen-bond donors (Lipinski definition) is 2. The topological polar surface area (TPSA) is 90.2 Å². The molecule has 1 heterocycles. The first kappa shape index (κ1) is 21.4. The molecule has 1 aromatic heterocycles. The van der Waals surface area contributed by atoms with E-state index in [-0.39, 0.29) is 33.2 Å². The van der Waals surface area contributed by atoms with E-state index in [2.05, 4.69) is 0 Å². The van der Waals surface area contributed by atoms with E-state index >= 15 is 0 Å². The third kappa shape index (κ3) is 3.67. The number of primary amides is 1.